The molecule has 254 valence electrons. The molecule has 6 aromatic carbocycles. The third-order valence-electron chi connectivity index (χ3n) is 8.77. The molecule has 0 spiro atoms. The Morgan fingerprint density at radius 2 is 0.750 bits per heavy atom. The van der Waals surface area contributed by atoms with E-state index in [1.54, 1.807) is 0 Å². The SMILES string of the molecule is CC1(C)c2cc(S(=O)(=O)O)cc(P(c3ccccc3)c3ccccc3)c2Oc2c(P(c3ccccc3)c3ccccc3)cc(S(=O)(=O)O)cc21.[Na].[Na]. The number of rotatable bonds is 8. The molecule has 0 unspecified atom stereocenters. The maximum Gasteiger partial charge on any atom is 0.294 e. The molecule has 0 amide bonds. The zero-order valence-corrected chi connectivity index (χ0v) is 36.4. The molecule has 0 saturated carbocycles. The largest absolute Gasteiger partial charge is 0.455 e. The monoisotopic (exact) mass is 784 g/mol. The van der Waals surface area contributed by atoms with E-state index in [9.17, 15) is 25.9 Å². The minimum Gasteiger partial charge on any atom is -0.455 e. The van der Waals surface area contributed by atoms with Crippen molar-refractivity contribution in [2.24, 2.45) is 0 Å². The second kappa shape index (κ2) is 16.3. The van der Waals surface area contributed by atoms with Crippen molar-refractivity contribution in [3.05, 3.63) is 157 Å². The van der Waals surface area contributed by atoms with Gasteiger partial charge in [-0.1, -0.05) is 135 Å². The summed E-state index contributed by atoms with van der Waals surface area (Å²) in [6, 6.07) is 44.7. The quantitative estimate of drug-likeness (QED) is 0.121. The summed E-state index contributed by atoms with van der Waals surface area (Å²) < 4.78 is 79.5. The van der Waals surface area contributed by atoms with Crippen LogP contribution in [-0.2, 0) is 25.7 Å². The molecule has 13 heteroatoms. The maximum absolute atomic E-state index is 12.9. The van der Waals surface area contributed by atoms with Gasteiger partial charge in [-0.3, -0.25) is 9.11 Å². The first-order valence-electron chi connectivity index (χ1n) is 15.6. The van der Waals surface area contributed by atoms with Crippen LogP contribution in [0.25, 0.3) is 0 Å². The van der Waals surface area contributed by atoms with Gasteiger partial charge in [-0.15, -0.1) is 0 Å². The van der Waals surface area contributed by atoms with Crippen LogP contribution < -0.4 is 36.6 Å². The standard InChI is InChI=1S/C39H32O7P2S2.2Na/c1-39(2)33-23-31(49(40,41)42)25-35(47(27-15-7-3-8-16-27)28-17-9-4-10-18-28)37(33)46-38-34(39)24-32(50(43,44)45)26-36(38)48(29-19-11-5-12-20-29)30-21-13-6-14-22-30;;/h3-26H,1-2H3,(H,40,41,42)(H,43,44,45);;. The summed E-state index contributed by atoms with van der Waals surface area (Å²) in [5.41, 5.74) is -0.148. The molecule has 0 bridgehead atoms. The molecule has 6 aromatic rings. The van der Waals surface area contributed by atoms with Crippen LogP contribution in [0, 0.1) is 0 Å². The first kappa shape index (κ1) is 41.0. The van der Waals surface area contributed by atoms with Crippen LogP contribution in [0.5, 0.6) is 11.5 Å². The summed E-state index contributed by atoms with van der Waals surface area (Å²) in [6.07, 6.45) is 0. The van der Waals surface area contributed by atoms with Crippen LogP contribution in [0.3, 0.4) is 0 Å². The number of benzene rings is 6. The van der Waals surface area contributed by atoms with E-state index in [1.807, 2.05) is 135 Å². The number of hydrogen-bond acceptors (Lipinski definition) is 5. The summed E-state index contributed by atoms with van der Waals surface area (Å²) >= 11 is 0. The van der Waals surface area contributed by atoms with Gasteiger partial charge in [0, 0.05) is 86.3 Å². The van der Waals surface area contributed by atoms with Gasteiger partial charge in [0.15, 0.2) is 0 Å². The van der Waals surface area contributed by atoms with E-state index in [2.05, 4.69) is 0 Å². The molecule has 0 aromatic heterocycles. The first-order valence-corrected chi connectivity index (χ1v) is 21.2. The smallest absolute Gasteiger partial charge is 0.294 e. The van der Waals surface area contributed by atoms with Crippen molar-refractivity contribution in [3.8, 4) is 11.5 Å². The molecule has 7 rings (SSSR count). The van der Waals surface area contributed by atoms with Gasteiger partial charge in [-0.05, 0) is 61.3 Å². The Bertz CT molecular complexity index is 2190. The second-order valence-electron chi connectivity index (χ2n) is 12.3. The minimum atomic E-state index is -4.69. The summed E-state index contributed by atoms with van der Waals surface area (Å²) in [6.45, 7) is 3.73. The fourth-order valence-electron chi connectivity index (χ4n) is 6.36. The van der Waals surface area contributed by atoms with Crippen LogP contribution >= 0.6 is 15.8 Å². The Morgan fingerprint density at radius 3 is 1.00 bits per heavy atom. The zero-order valence-electron chi connectivity index (χ0n) is 29.0. The van der Waals surface area contributed by atoms with Gasteiger partial charge in [0.1, 0.15) is 11.5 Å². The average Bonchev–Trinajstić information content (AvgIpc) is 3.10. The molecule has 0 atom stereocenters. The average molecular weight is 785 g/mol. The maximum atomic E-state index is 12.9. The first-order chi connectivity index (χ1) is 23.8. The molecule has 2 radical (unpaired) electrons. The van der Waals surface area contributed by atoms with Crippen LogP contribution in [0.2, 0.25) is 0 Å². The van der Waals surface area contributed by atoms with Gasteiger partial charge >= 0.3 is 0 Å². The third-order valence-corrected chi connectivity index (χ3v) is 15.3. The zero-order chi connectivity index (χ0) is 35.3. The Balaban J connectivity index is 0.00000261. The molecule has 52 heavy (non-hydrogen) atoms. The van der Waals surface area contributed by atoms with E-state index in [0.717, 1.165) is 21.2 Å². The minimum absolute atomic E-state index is 0. The molecule has 0 aliphatic carbocycles. The molecule has 7 nitrogen and oxygen atoms in total. The Morgan fingerprint density at radius 1 is 0.481 bits per heavy atom. The fraction of sp³-hybridized carbons (Fsp3) is 0.0769. The van der Waals surface area contributed by atoms with Crippen LogP contribution in [0.1, 0.15) is 25.0 Å². The Kier molecular flexibility index (Phi) is 12.8. The predicted molar refractivity (Wildman–Crippen MR) is 214 cm³/mol. The van der Waals surface area contributed by atoms with Gasteiger partial charge in [0.05, 0.1) is 9.79 Å². The molecule has 0 saturated heterocycles. The normalized spacial score (nSPS) is 13.3. The van der Waals surface area contributed by atoms with Crippen molar-refractivity contribution in [1.82, 2.24) is 0 Å². The van der Waals surface area contributed by atoms with Gasteiger partial charge in [0.2, 0.25) is 0 Å². The summed E-state index contributed by atoms with van der Waals surface area (Å²) in [5, 5.41) is 4.91. The molecular formula is C39H32Na2O7P2S2. The van der Waals surface area contributed by atoms with Crippen molar-refractivity contribution >= 4 is 127 Å². The Labute approximate surface area is 351 Å². The molecular weight excluding hydrogens is 752 g/mol. The number of ether oxygens (including phenoxy) is 1. The molecule has 1 aliphatic rings. The van der Waals surface area contributed by atoms with Crippen molar-refractivity contribution in [3.63, 3.8) is 0 Å². The van der Waals surface area contributed by atoms with Crippen molar-refractivity contribution in [1.29, 1.82) is 0 Å². The molecule has 2 N–H and O–H groups in total. The van der Waals surface area contributed by atoms with E-state index < -0.39 is 41.5 Å². The van der Waals surface area contributed by atoms with E-state index in [-0.39, 0.29) is 68.9 Å². The molecule has 1 heterocycles. The van der Waals surface area contributed by atoms with Gasteiger partial charge in [-0.2, -0.15) is 16.8 Å². The van der Waals surface area contributed by atoms with Crippen molar-refractivity contribution < 1.29 is 30.7 Å². The van der Waals surface area contributed by atoms with Gasteiger partial charge in [0.25, 0.3) is 20.2 Å². The van der Waals surface area contributed by atoms with Crippen LogP contribution in [0.4, 0.5) is 0 Å². The fourth-order valence-corrected chi connectivity index (χ4v) is 12.5. The Hall–Kier alpha value is -2.20. The summed E-state index contributed by atoms with van der Waals surface area (Å²) in [5.74, 6) is 0.872. The topological polar surface area (TPSA) is 118 Å². The molecule has 0 fully saturated rings. The number of fused-ring (bicyclic) bond motifs is 2. The van der Waals surface area contributed by atoms with Gasteiger partial charge < -0.3 is 4.74 Å². The van der Waals surface area contributed by atoms with E-state index in [4.69, 9.17) is 4.74 Å². The predicted octanol–water partition coefficient (Wildman–Crippen LogP) is 5.37. The van der Waals surface area contributed by atoms with Crippen LogP contribution in [0.15, 0.2) is 155 Å². The van der Waals surface area contributed by atoms with Crippen molar-refractivity contribution in [2.45, 2.75) is 29.1 Å². The summed E-state index contributed by atoms with van der Waals surface area (Å²) in [7, 11) is -12.2. The van der Waals surface area contributed by atoms with E-state index in [1.165, 1.54) is 24.3 Å². The van der Waals surface area contributed by atoms with E-state index >= 15 is 0 Å². The van der Waals surface area contributed by atoms with Gasteiger partial charge in [-0.25, -0.2) is 0 Å². The summed E-state index contributed by atoms with van der Waals surface area (Å²) in [4.78, 5) is -0.597. The van der Waals surface area contributed by atoms with Crippen LogP contribution in [-0.4, -0.2) is 85.1 Å². The molecule has 1 aliphatic heterocycles. The van der Waals surface area contributed by atoms with Crippen molar-refractivity contribution in [2.75, 3.05) is 0 Å². The van der Waals surface area contributed by atoms with E-state index in [0.29, 0.717) is 33.2 Å². The number of hydrogen-bond donors (Lipinski definition) is 2. The third kappa shape index (κ3) is 8.08. The second-order valence-corrected chi connectivity index (χ2v) is 19.5.